The second-order valence-corrected chi connectivity index (χ2v) is 4.82. The van der Waals surface area contributed by atoms with Gasteiger partial charge in [-0.3, -0.25) is 4.72 Å². The predicted molar refractivity (Wildman–Crippen MR) is 57.6 cm³/mol. The van der Waals surface area contributed by atoms with Crippen molar-refractivity contribution in [2.45, 2.75) is 0 Å². The zero-order chi connectivity index (χ0) is 10.6. The van der Waals surface area contributed by atoms with Crippen LogP contribution in [0.3, 0.4) is 0 Å². The molecule has 0 aliphatic carbocycles. The second-order valence-electron chi connectivity index (χ2n) is 2.52. The molecule has 1 rings (SSSR count). The van der Waals surface area contributed by atoms with Crippen LogP contribution in [0.1, 0.15) is 5.56 Å². The number of benzene rings is 1. The maximum absolute atomic E-state index is 11.1. The van der Waals surface area contributed by atoms with Crippen molar-refractivity contribution in [1.82, 2.24) is 0 Å². The molecule has 1 N–H and O–H groups in total. The molecule has 0 radical (unpaired) electrons. The Kier molecular flexibility index (Phi) is 3.39. The maximum atomic E-state index is 11.1. The quantitative estimate of drug-likeness (QED) is 0.632. The van der Waals surface area contributed by atoms with Crippen LogP contribution in [-0.2, 0) is 10.0 Å². The van der Waals surface area contributed by atoms with Gasteiger partial charge in [-0.05, 0) is 12.1 Å². The van der Waals surface area contributed by atoms with Crippen LogP contribution < -0.4 is 4.72 Å². The van der Waals surface area contributed by atoms with Crippen molar-refractivity contribution in [3.8, 4) is 12.3 Å². The first-order valence-electron chi connectivity index (χ1n) is 3.71. The smallest absolute Gasteiger partial charge is 0.246 e. The first-order valence-corrected chi connectivity index (χ1v) is 5.90. The highest BCUT2D eigenvalue weighted by Crippen LogP contribution is 2.15. The van der Waals surface area contributed by atoms with Crippen LogP contribution in [0, 0.1) is 12.3 Å². The number of halogens is 1. The molecule has 0 spiro atoms. The van der Waals surface area contributed by atoms with Gasteiger partial charge in [-0.15, -0.1) is 18.0 Å². The maximum Gasteiger partial charge on any atom is 0.246 e. The summed E-state index contributed by atoms with van der Waals surface area (Å²) in [5.74, 6) is 2.37. The molecule has 0 saturated heterocycles. The Bertz CT molecular complexity index is 462. The average Bonchev–Trinajstić information content (AvgIpc) is 2.18. The minimum Gasteiger partial charge on any atom is -0.281 e. The molecule has 0 fully saturated rings. The molecular weight excluding hydrogens is 222 g/mol. The summed E-state index contributed by atoms with van der Waals surface area (Å²) in [5.41, 5.74) is 0.858. The van der Waals surface area contributed by atoms with E-state index in [0.29, 0.717) is 11.3 Å². The third kappa shape index (κ3) is 2.66. The van der Waals surface area contributed by atoms with Gasteiger partial charge < -0.3 is 0 Å². The van der Waals surface area contributed by atoms with E-state index in [1.54, 1.807) is 24.3 Å². The van der Waals surface area contributed by atoms with Gasteiger partial charge in [-0.25, -0.2) is 8.42 Å². The summed E-state index contributed by atoms with van der Waals surface area (Å²) >= 11 is 5.24. The number of anilines is 1. The second kappa shape index (κ2) is 4.36. The molecule has 1 aromatic rings. The van der Waals surface area contributed by atoms with Crippen molar-refractivity contribution < 1.29 is 8.42 Å². The molecule has 3 nitrogen and oxygen atoms in total. The molecule has 0 aromatic heterocycles. The van der Waals surface area contributed by atoms with Gasteiger partial charge in [-0.1, -0.05) is 18.1 Å². The summed E-state index contributed by atoms with van der Waals surface area (Å²) in [6.45, 7) is 0. The Morgan fingerprint density at radius 2 is 2.07 bits per heavy atom. The SMILES string of the molecule is C#Cc1ccccc1NS(=O)(=O)CCl. The van der Waals surface area contributed by atoms with E-state index in [9.17, 15) is 8.42 Å². The van der Waals surface area contributed by atoms with Gasteiger partial charge in [0.1, 0.15) is 5.21 Å². The van der Waals surface area contributed by atoms with Gasteiger partial charge in [0.25, 0.3) is 0 Å². The number of hydrogen-bond donors (Lipinski definition) is 1. The molecule has 0 atom stereocenters. The van der Waals surface area contributed by atoms with E-state index in [1.165, 1.54) is 0 Å². The zero-order valence-corrected chi connectivity index (χ0v) is 8.77. The van der Waals surface area contributed by atoms with Crippen LogP contribution in [0.5, 0.6) is 0 Å². The monoisotopic (exact) mass is 229 g/mol. The van der Waals surface area contributed by atoms with Crippen LogP contribution in [0.2, 0.25) is 0 Å². The highest BCUT2D eigenvalue weighted by atomic mass is 35.5. The number of alkyl halides is 1. The number of sulfonamides is 1. The molecule has 5 heteroatoms. The summed E-state index contributed by atoms with van der Waals surface area (Å²) in [7, 11) is -3.49. The minimum absolute atomic E-state index is 0.371. The van der Waals surface area contributed by atoms with Crippen LogP contribution in [0.25, 0.3) is 0 Å². The summed E-state index contributed by atoms with van der Waals surface area (Å²) < 4.78 is 24.5. The lowest BCUT2D eigenvalue weighted by atomic mass is 10.2. The van der Waals surface area contributed by atoms with Gasteiger partial charge in [-0.2, -0.15) is 0 Å². The van der Waals surface area contributed by atoms with E-state index in [2.05, 4.69) is 10.6 Å². The number of para-hydroxylation sites is 1. The van der Waals surface area contributed by atoms with Crippen molar-refractivity contribution in [1.29, 1.82) is 0 Å². The normalized spacial score (nSPS) is 10.6. The first kappa shape index (κ1) is 10.9. The van der Waals surface area contributed by atoms with Gasteiger partial charge in [0.05, 0.1) is 5.69 Å². The molecule has 0 amide bonds. The van der Waals surface area contributed by atoms with Crippen molar-refractivity contribution in [3.05, 3.63) is 29.8 Å². The molecule has 0 heterocycles. The Balaban J connectivity index is 3.05. The number of nitrogens with one attached hydrogen (secondary N) is 1. The zero-order valence-electron chi connectivity index (χ0n) is 7.20. The molecule has 0 bridgehead atoms. The highest BCUT2D eigenvalue weighted by molar-refractivity contribution is 7.93. The third-order valence-corrected chi connectivity index (χ3v) is 3.17. The van der Waals surface area contributed by atoms with Crippen LogP contribution in [0.15, 0.2) is 24.3 Å². The van der Waals surface area contributed by atoms with Crippen LogP contribution in [-0.4, -0.2) is 13.6 Å². The van der Waals surface area contributed by atoms with E-state index in [-0.39, 0.29) is 0 Å². The summed E-state index contributed by atoms with van der Waals surface area (Å²) in [6.07, 6.45) is 5.19. The van der Waals surface area contributed by atoms with E-state index in [4.69, 9.17) is 18.0 Å². The standard InChI is InChI=1S/C9H8ClNO2S/c1-2-8-5-3-4-6-9(8)11-14(12,13)7-10/h1,3-6,11H,7H2. The topological polar surface area (TPSA) is 46.2 Å². The minimum atomic E-state index is -3.49. The first-order chi connectivity index (χ1) is 6.59. The molecular formula is C9H8ClNO2S. The third-order valence-electron chi connectivity index (χ3n) is 1.49. The van der Waals surface area contributed by atoms with Gasteiger partial charge in [0, 0.05) is 5.56 Å². The van der Waals surface area contributed by atoms with Crippen LogP contribution >= 0.6 is 11.6 Å². The lowest BCUT2D eigenvalue weighted by Crippen LogP contribution is -2.14. The van der Waals surface area contributed by atoms with E-state index in [1.807, 2.05) is 0 Å². The Morgan fingerprint density at radius 1 is 1.43 bits per heavy atom. The number of terminal acetylenes is 1. The Labute approximate surface area is 88.1 Å². The summed E-state index contributed by atoms with van der Waals surface area (Å²) in [6, 6.07) is 6.64. The van der Waals surface area contributed by atoms with Crippen molar-refractivity contribution in [2.24, 2.45) is 0 Å². The number of rotatable bonds is 3. The molecule has 0 aliphatic rings. The average molecular weight is 230 g/mol. The molecule has 14 heavy (non-hydrogen) atoms. The van der Waals surface area contributed by atoms with Crippen molar-refractivity contribution in [2.75, 3.05) is 9.93 Å². The Hall–Kier alpha value is -1.18. The van der Waals surface area contributed by atoms with E-state index < -0.39 is 15.2 Å². The fourth-order valence-corrected chi connectivity index (χ4v) is 1.62. The van der Waals surface area contributed by atoms with Gasteiger partial charge in [0.15, 0.2) is 0 Å². The summed E-state index contributed by atoms with van der Waals surface area (Å²) in [4.78, 5) is 0. The molecule has 1 aromatic carbocycles. The molecule has 74 valence electrons. The molecule has 0 aliphatic heterocycles. The molecule has 0 unspecified atom stereocenters. The fourth-order valence-electron chi connectivity index (χ4n) is 0.893. The highest BCUT2D eigenvalue weighted by Gasteiger charge is 2.09. The van der Waals surface area contributed by atoms with Gasteiger partial charge >= 0.3 is 0 Å². The van der Waals surface area contributed by atoms with Crippen molar-refractivity contribution in [3.63, 3.8) is 0 Å². The van der Waals surface area contributed by atoms with E-state index in [0.717, 1.165) is 0 Å². The summed E-state index contributed by atoms with van der Waals surface area (Å²) in [5, 5.41) is -0.494. The fraction of sp³-hybridized carbons (Fsp3) is 0.111. The van der Waals surface area contributed by atoms with Gasteiger partial charge in [0.2, 0.25) is 10.0 Å². The van der Waals surface area contributed by atoms with Crippen molar-refractivity contribution >= 4 is 27.3 Å². The predicted octanol–water partition coefficient (Wildman–Crippen LogP) is 1.61. The lowest BCUT2D eigenvalue weighted by molar-refractivity contribution is 0.605. The van der Waals surface area contributed by atoms with E-state index >= 15 is 0 Å². The molecule has 0 saturated carbocycles. The Morgan fingerprint density at radius 3 is 2.64 bits per heavy atom. The van der Waals surface area contributed by atoms with Crippen LogP contribution in [0.4, 0.5) is 5.69 Å². The lowest BCUT2D eigenvalue weighted by Gasteiger charge is -2.06. The number of hydrogen-bond acceptors (Lipinski definition) is 2. The largest absolute Gasteiger partial charge is 0.281 e.